The second-order valence-electron chi connectivity index (χ2n) is 7.98. The van der Waals surface area contributed by atoms with Gasteiger partial charge in [0.2, 0.25) is 0 Å². The maximum absolute atomic E-state index is 13.2. The summed E-state index contributed by atoms with van der Waals surface area (Å²) in [6, 6.07) is 15.1. The third kappa shape index (κ3) is 4.59. The molecule has 0 aliphatic carbocycles. The van der Waals surface area contributed by atoms with Crippen LogP contribution in [0.5, 0.6) is 0 Å². The van der Waals surface area contributed by atoms with Crippen molar-refractivity contribution in [2.45, 2.75) is 19.9 Å². The number of halogens is 1. The SMILES string of the molecule is CCOC(=O)c1[nH]c2ccccc2c1NC(=O)[C@@H](C)[NH+]1CCN(c2cccc(Cl)c2)CC1. The number of fused-ring (bicyclic) bond motifs is 1. The van der Waals surface area contributed by atoms with Gasteiger partial charge < -0.3 is 24.8 Å². The van der Waals surface area contributed by atoms with Gasteiger partial charge in [0.15, 0.2) is 6.04 Å². The Balaban J connectivity index is 1.46. The number of nitrogens with one attached hydrogen (secondary N) is 3. The number of aromatic nitrogens is 1. The minimum absolute atomic E-state index is 0.119. The minimum Gasteiger partial charge on any atom is -0.461 e. The molecular weight excluding hydrogens is 428 g/mol. The van der Waals surface area contributed by atoms with Crippen molar-refractivity contribution in [3.05, 3.63) is 59.2 Å². The molecule has 32 heavy (non-hydrogen) atoms. The van der Waals surface area contributed by atoms with Crippen molar-refractivity contribution in [3.8, 4) is 0 Å². The van der Waals surface area contributed by atoms with Gasteiger partial charge in [-0.25, -0.2) is 4.79 Å². The van der Waals surface area contributed by atoms with Gasteiger partial charge in [-0.3, -0.25) is 4.79 Å². The van der Waals surface area contributed by atoms with Crippen molar-refractivity contribution >= 4 is 45.8 Å². The Morgan fingerprint density at radius 1 is 1.19 bits per heavy atom. The average Bonchev–Trinajstić information content (AvgIpc) is 3.17. The number of H-pyrrole nitrogens is 1. The third-order valence-corrected chi connectivity index (χ3v) is 6.25. The number of para-hydroxylation sites is 1. The van der Waals surface area contributed by atoms with Crippen LogP contribution in [0.3, 0.4) is 0 Å². The quantitative estimate of drug-likeness (QED) is 0.499. The molecule has 1 aromatic heterocycles. The van der Waals surface area contributed by atoms with E-state index in [9.17, 15) is 9.59 Å². The second kappa shape index (κ2) is 9.63. The first kappa shape index (κ1) is 22.2. The molecule has 2 aromatic carbocycles. The number of nitrogens with zero attached hydrogens (tertiary/aromatic N) is 1. The molecule has 1 aliphatic heterocycles. The van der Waals surface area contributed by atoms with E-state index < -0.39 is 5.97 Å². The van der Waals surface area contributed by atoms with E-state index in [1.54, 1.807) is 6.92 Å². The minimum atomic E-state index is -0.478. The molecule has 0 radical (unpaired) electrons. The molecule has 8 heteroatoms. The first-order valence-corrected chi connectivity index (χ1v) is 11.3. The van der Waals surface area contributed by atoms with Crippen molar-refractivity contribution in [2.24, 2.45) is 0 Å². The predicted molar refractivity (Wildman–Crippen MR) is 127 cm³/mol. The molecule has 0 saturated carbocycles. The number of carbonyl (C=O) groups is 2. The van der Waals surface area contributed by atoms with Crippen molar-refractivity contribution in [2.75, 3.05) is 43.0 Å². The molecule has 1 saturated heterocycles. The number of quaternary nitrogens is 1. The van der Waals surface area contributed by atoms with Crippen molar-refractivity contribution < 1.29 is 19.2 Å². The number of ether oxygens (including phenoxy) is 1. The molecule has 1 atom stereocenters. The van der Waals surface area contributed by atoms with Gasteiger partial charge in [-0.15, -0.1) is 0 Å². The topological polar surface area (TPSA) is 78.9 Å². The van der Waals surface area contributed by atoms with E-state index in [-0.39, 0.29) is 24.2 Å². The molecule has 0 bridgehead atoms. The van der Waals surface area contributed by atoms with Crippen LogP contribution < -0.4 is 15.1 Å². The Labute approximate surface area is 192 Å². The normalized spacial score (nSPS) is 15.5. The lowest BCUT2D eigenvalue weighted by Crippen LogP contribution is -3.19. The summed E-state index contributed by atoms with van der Waals surface area (Å²) in [4.78, 5) is 32.2. The van der Waals surface area contributed by atoms with E-state index in [2.05, 4.69) is 21.3 Å². The molecule has 1 aliphatic rings. The zero-order valence-electron chi connectivity index (χ0n) is 18.3. The van der Waals surface area contributed by atoms with Crippen molar-refractivity contribution in [3.63, 3.8) is 0 Å². The van der Waals surface area contributed by atoms with Crippen molar-refractivity contribution in [1.82, 2.24) is 4.98 Å². The highest BCUT2D eigenvalue weighted by atomic mass is 35.5. The predicted octanol–water partition coefficient (Wildman–Crippen LogP) is 2.73. The number of amides is 1. The molecule has 0 unspecified atom stereocenters. The van der Waals surface area contributed by atoms with Gasteiger partial charge in [0, 0.05) is 21.6 Å². The smallest absolute Gasteiger partial charge is 0.356 e. The fourth-order valence-corrected chi connectivity index (χ4v) is 4.39. The number of carbonyl (C=O) groups excluding carboxylic acids is 2. The van der Waals surface area contributed by atoms with E-state index in [0.29, 0.717) is 5.69 Å². The van der Waals surface area contributed by atoms with Crippen LogP contribution in [0.4, 0.5) is 11.4 Å². The van der Waals surface area contributed by atoms with Gasteiger partial charge in [0.25, 0.3) is 5.91 Å². The van der Waals surface area contributed by atoms with E-state index >= 15 is 0 Å². The third-order valence-electron chi connectivity index (χ3n) is 6.02. The Bertz CT molecular complexity index is 1120. The fourth-order valence-electron chi connectivity index (χ4n) is 4.20. The van der Waals surface area contributed by atoms with E-state index in [4.69, 9.17) is 16.3 Å². The molecule has 2 heterocycles. The number of rotatable bonds is 6. The summed E-state index contributed by atoms with van der Waals surface area (Å²) in [6.07, 6.45) is 0. The van der Waals surface area contributed by atoms with Crippen molar-refractivity contribution in [1.29, 1.82) is 0 Å². The van der Waals surface area contributed by atoms with Crippen LogP contribution in [-0.2, 0) is 9.53 Å². The molecule has 3 N–H and O–H groups in total. The first-order valence-electron chi connectivity index (χ1n) is 10.9. The number of benzene rings is 2. The Hall–Kier alpha value is -3.03. The van der Waals surface area contributed by atoms with Gasteiger partial charge in [-0.1, -0.05) is 35.9 Å². The lowest BCUT2D eigenvalue weighted by atomic mass is 10.1. The largest absolute Gasteiger partial charge is 0.461 e. The van der Waals surface area contributed by atoms with E-state index in [1.807, 2.05) is 49.4 Å². The zero-order chi connectivity index (χ0) is 22.7. The number of hydrogen-bond acceptors (Lipinski definition) is 4. The van der Waals surface area contributed by atoms with Gasteiger partial charge in [-0.2, -0.15) is 0 Å². The monoisotopic (exact) mass is 455 g/mol. The van der Waals surface area contributed by atoms with E-state index in [0.717, 1.165) is 47.8 Å². The molecular formula is C24H28ClN4O3+. The van der Waals surface area contributed by atoms with Crippen LogP contribution in [0.2, 0.25) is 5.02 Å². The number of esters is 1. The summed E-state index contributed by atoms with van der Waals surface area (Å²) in [7, 11) is 0. The summed E-state index contributed by atoms with van der Waals surface area (Å²) in [5.74, 6) is -0.597. The highest BCUT2D eigenvalue weighted by Crippen LogP contribution is 2.28. The van der Waals surface area contributed by atoms with Gasteiger partial charge >= 0.3 is 5.97 Å². The Morgan fingerprint density at radius 2 is 1.94 bits per heavy atom. The van der Waals surface area contributed by atoms with Crippen LogP contribution in [0.25, 0.3) is 10.9 Å². The van der Waals surface area contributed by atoms with Crippen LogP contribution in [-0.4, -0.2) is 55.7 Å². The molecule has 7 nitrogen and oxygen atoms in total. The lowest BCUT2D eigenvalue weighted by molar-refractivity contribution is -0.914. The summed E-state index contributed by atoms with van der Waals surface area (Å²) < 4.78 is 5.18. The molecule has 3 aromatic rings. The standard InChI is InChI=1S/C24H27ClN4O3/c1-3-32-24(31)22-21(19-9-4-5-10-20(19)26-22)27-23(30)16(2)28-11-13-29(14-12-28)18-8-6-7-17(25)15-18/h4-10,15-16,26H,3,11-14H2,1-2H3,(H,27,30)/p+1/t16-/m1/s1. The van der Waals surface area contributed by atoms with Crippen LogP contribution in [0.1, 0.15) is 24.3 Å². The van der Waals surface area contributed by atoms with Crippen LogP contribution in [0.15, 0.2) is 48.5 Å². The highest BCUT2D eigenvalue weighted by molar-refractivity contribution is 6.30. The zero-order valence-corrected chi connectivity index (χ0v) is 19.0. The summed E-state index contributed by atoms with van der Waals surface area (Å²) in [5.41, 5.74) is 2.63. The number of aromatic amines is 1. The van der Waals surface area contributed by atoms with E-state index in [1.165, 1.54) is 4.90 Å². The maximum atomic E-state index is 13.2. The van der Waals surface area contributed by atoms with Gasteiger partial charge in [0.1, 0.15) is 5.69 Å². The number of piperazine rings is 1. The number of anilines is 2. The fraction of sp³-hybridized carbons (Fsp3) is 0.333. The molecule has 4 rings (SSSR count). The summed E-state index contributed by atoms with van der Waals surface area (Å²) in [5, 5.41) is 4.51. The Morgan fingerprint density at radius 3 is 2.66 bits per heavy atom. The molecule has 1 fully saturated rings. The first-order chi connectivity index (χ1) is 15.5. The maximum Gasteiger partial charge on any atom is 0.356 e. The second-order valence-corrected chi connectivity index (χ2v) is 8.41. The average molecular weight is 456 g/mol. The molecule has 1 amide bonds. The molecule has 168 valence electrons. The lowest BCUT2D eigenvalue weighted by Gasteiger charge is -2.36. The van der Waals surface area contributed by atoms with Gasteiger partial charge in [0.05, 0.1) is 38.5 Å². The summed E-state index contributed by atoms with van der Waals surface area (Å²) >= 11 is 6.13. The summed E-state index contributed by atoms with van der Waals surface area (Å²) in [6.45, 7) is 7.30. The van der Waals surface area contributed by atoms with Gasteiger partial charge in [-0.05, 0) is 38.1 Å². The van der Waals surface area contributed by atoms with Crippen LogP contribution >= 0.6 is 11.6 Å². The molecule has 0 spiro atoms. The highest BCUT2D eigenvalue weighted by Gasteiger charge is 2.31. The Kier molecular flexibility index (Phi) is 6.67. The van der Waals surface area contributed by atoms with Crippen LogP contribution in [0, 0.1) is 0 Å². The number of hydrogen-bond donors (Lipinski definition) is 3.